The van der Waals surface area contributed by atoms with Crippen LogP contribution >= 0.6 is 0 Å². The van der Waals surface area contributed by atoms with E-state index in [9.17, 15) is 19.4 Å². The molecule has 0 aromatic heterocycles. The first kappa shape index (κ1) is 20.6. The average Bonchev–Trinajstić information content (AvgIpc) is 3.00. The second-order valence-corrected chi connectivity index (χ2v) is 8.51. The first-order chi connectivity index (χ1) is 14.4. The van der Waals surface area contributed by atoms with Gasteiger partial charge in [0, 0.05) is 26.1 Å². The number of carbonyl (C=O) groups excluding carboxylic acids is 1. The predicted molar refractivity (Wildman–Crippen MR) is 110 cm³/mol. The van der Waals surface area contributed by atoms with Gasteiger partial charge in [-0.3, -0.25) is 9.69 Å². The molecule has 2 saturated heterocycles. The van der Waals surface area contributed by atoms with Gasteiger partial charge < -0.3 is 20.2 Å². The quantitative estimate of drug-likeness (QED) is 0.701. The molecular weight excluding hydrogens is 387 g/mol. The molecule has 160 valence electrons. The van der Waals surface area contributed by atoms with Gasteiger partial charge in [0.25, 0.3) is 0 Å². The maximum atomic E-state index is 13.2. The standard InChI is InChI=1S/C23H27FN2O4/c24-18-3-1-17(2-4-18)22-19(28)11-16(12-20(22)29)14-25-7-5-23(6-8-25)13-21(30)26(15-23)9-10-27/h1-4,11-12,27-29H,5-10,13-15H2. The summed E-state index contributed by atoms with van der Waals surface area (Å²) in [5, 5.41) is 30.1. The van der Waals surface area contributed by atoms with E-state index < -0.39 is 0 Å². The van der Waals surface area contributed by atoms with Gasteiger partial charge in [0.2, 0.25) is 5.91 Å². The van der Waals surface area contributed by atoms with E-state index in [0.29, 0.717) is 37.2 Å². The Morgan fingerprint density at radius 3 is 2.27 bits per heavy atom. The maximum absolute atomic E-state index is 13.2. The number of aliphatic hydroxyl groups excluding tert-OH is 1. The highest BCUT2D eigenvalue weighted by Gasteiger charge is 2.44. The topological polar surface area (TPSA) is 84.2 Å². The van der Waals surface area contributed by atoms with Crippen LogP contribution in [0, 0.1) is 11.2 Å². The first-order valence-corrected chi connectivity index (χ1v) is 10.3. The number of β-amino-alcohol motifs (C(OH)–C–C–N with tert-alkyl or cyclic N) is 1. The molecule has 3 N–H and O–H groups in total. The molecule has 30 heavy (non-hydrogen) atoms. The van der Waals surface area contributed by atoms with Crippen molar-refractivity contribution < 1.29 is 24.5 Å². The molecule has 2 heterocycles. The maximum Gasteiger partial charge on any atom is 0.223 e. The van der Waals surface area contributed by atoms with Crippen LogP contribution in [0.15, 0.2) is 36.4 Å². The van der Waals surface area contributed by atoms with Gasteiger partial charge in [0.1, 0.15) is 17.3 Å². The minimum atomic E-state index is -0.374. The van der Waals surface area contributed by atoms with E-state index in [1.165, 1.54) is 24.3 Å². The Bertz CT molecular complexity index is 900. The van der Waals surface area contributed by atoms with Crippen LogP contribution in [-0.2, 0) is 11.3 Å². The molecule has 0 atom stereocenters. The number of amides is 1. The molecule has 1 amide bonds. The van der Waals surface area contributed by atoms with Gasteiger partial charge in [0.15, 0.2) is 0 Å². The van der Waals surface area contributed by atoms with E-state index in [1.54, 1.807) is 17.0 Å². The Kier molecular flexibility index (Phi) is 5.66. The van der Waals surface area contributed by atoms with Crippen molar-refractivity contribution in [2.75, 3.05) is 32.8 Å². The first-order valence-electron chi connectivity index (χ1n) is 10.3. The molecular formula is C23H27FN2O4. The van der Waals surface area contributed by atoms with E-state index in [-0.39, 0.29) is 35.2 Å². The molecule has 0 bridgehead atoms. The van der Waals surface area contributed by atoms with Gasteiger partial charge in [-0.2, -0.15) is 0 Å². The summed E-state index contributed by atoms with van der Waals surface area (Å²) < 4.78 is 13.2. The van der Waals surface area contributed by atoms with Crippen LogP contribution in [-0.4, -0.2) is 63.8 Å². The summed E-state index contributed by atoms with van der Waals surface area (Å²) >= 11 is 0. The highest BCUT2D eigenvalue weighted by Crippen LogP contribution is 2.42. The van der Waals surface area contributed by atoms with E-state index in [1.807, 2.05) is 0 Å². The number of halogens is 1. The fraction of sp³-hybridized carbons (Fsp3) is 0.435. The molecule has 0 unspecified atom stereocenters. The van der Waals surface area contributed by atoms with Crippen molar-refractivity contribution in [1.82, 2.24) is 9.80 Å². The molecule has 2 aromatic carbocycles. The number of hydrogen-bond acceptors (Lipinski definition) is 5. The highest BCUT2D eigenvalue weighted by atomic mass is 19.1. The average molecular weight is 414 g/mol. The zero-order valence-electron chi connectivity index (χ0n) is 16.9. The Morgan fingerprint density at radius 1 is 1.03 bits per heavy atom. The molecule has 2 fully saturated rings. The van der Waals surface area contributed by atoms with Gasteiger partial charge in [-0.05, 0) is 66.7 Å². The zero-order valence-corrected chi connectivity index (χ0v) is 16.9. The molecule has 2 aliphatic rings. The number of nitrogens with zero attached hydrogens (tertiary/aromatic N) is 2. The number of piperidine rings is 1. The number of phenols is 2. The summed E-state index contributed by atoms with van der Waals surface area (Å²) in [6.07, 6.45) is 2.37. The van der Waals surface area contributed by atoms with Crippen LogP contribution in [0.5, 0.6) is 11.5 Å². The van der Waals surface area contributed by atoms with Crippen LogP contribution in [0.1, 0.15) is 24.8 Å². The second kappa shape index (κ2) is 8.24. The second-order valence-electron chi connectivity index (χ2n) is 8.51. The minimum absolute atomic E-state index is 0.000524. The lowest BCUT2D eigenvalue weighted by atomic mass is 9.77. The summed E-state index contributed by atoms with van der Waals surface area (Å²) in [5.74, 6) is -0.318. The Labute approximate surface area is 175 Å². The number of aliphatic hydroxyl groups is 1. The van der Waals surface area contributed by atoms with Crippen molar-refractivity contribution in [1.29, 1.82) is 0 Å². The number of likely N-dealkylation sites (tertiary alicyclic amines) is 2. The van der Waals surface area contributed by atoms with Crippen LogP contribution < -0.4 is 0 Å². The van der Waals surface area contributed by atoms with Crippen LogP contribution in [0.25, 0.3) is 11.1 Å². The summed E-state index contributed by atoms with van der Waals surface area (Å²) in [4.78, 5) is 16.2. The van der Waals surface area contributed by atoms with Crippen LogP contribution in [0.3, 0.4) is 0 Å². The number of carbonyl (C=O) groups is 1. The van der Waals surface area contributed by atoms with Gasteiger partial charge >= 0.3 is 0 Å². The Hall–Kier alpha value is -2.64. The van der Waals surface area contributed by atoms with Gasteiger partial charge in [-0.25, -0.2) is 4.39 Å². The molecule has 0 radical (unpaired) electrons. The predicted octanol–water partition coefficient (Wildman–Crippen LogP) is 2.71. The number of phenolic OH excluding ortho intramolecular Hbond substituents is 2. The van der Waals surface area contributed by atoms with E-state index >= 15 is 0 Å². The molecule has 1 spiro atoms. The number of hydrogen-bond donors (Lipinski definition) is 3. The highest BCUT2D eigenvalue weighted by molar-refractivity contribution is 5.79. The van der Waals surface area contributed by atoms with Crippen molar-refractivity contribution in [3.05, 3.63) is 47.8 Å². The molecule has 6 nitrogen and oxygen atoms in total. The fourth-order valence-electron chi connectivity index (χ4n) is 4.76. The molecule has 0 saturated carbocycles. The summed E-state index contributed by atoms with van der Waals surface area (Å²) in [6.45, 7) is 3.38. The third-order valence-corrected chi connectivity index (χ3v) is 6.39. The van der Waals surface area contributed by atoms with Gasteiger partial charge in [-0.15, -0.1) is 0 Å². The normalized spacial score (nSPS) is 19.0. The van der Waals surface area contributed by atoms with Crippen molar-refractivity contribution in [3.63, 3.8) is 0 Å². The molecule has 2 aliphatic heterocycles. The zero-order chi connectivity index (χ0) is 21.3. The minimum Gasteiger partial charge on any atom is -0.507 e. The summed E-state index contributed by atoms with van der Waals surface area (Å²) in [7, 11) is 0. The van der Waals surface area contributed by atoms with E-state index in [2.05, 4.69) is 4.90 Å². The van der Waals surface area contributed by atoms with Gasteiger partial charge in [-0.1, -0.05) is 12.1 Å². The van der Waals surface area contributed by atoms with E-state index in [0.717, 1.165) is 31.5 Å². The lowest BCUT2D eigenvalue weighted by Gasteiger charge is -2.38. The number of rotatable bonds is 5. The van der Waals surface area contributed by atoms with Crippen molar-refractivity contribution >= 4 is 5.91 Å². The molecule has 0 aliphatic carbocycles. The molecule has 7 heteroatoms. The molecule has 2 aromatic rings. The Balaban J connectivity index is 1.41. The smallest absolute Gasteiger partial charge is 0.223 e. The van der Waals surface area contributed by atoms with E-state index in [4.69, 9.17) is 5.11 Å². The van der Waals surface area contributed by atoms with Crippen molar-refractivity contribution in [2.24, 2.45) is 5.41 Å². The number of aromatic hydroxyl groups is 2. The third-order valence-electron chi connectivity index (χ3n) is 6.39. The largest absolute Gasteiger partial charge is 0.507 e. The van der Waals surface area contributed by atoms with Crippen molar-refractivity contribution in [3.8, 4) is 22.6 Å². The third kappa shape index (κ3) is 4.13. The lowest BCUT2D eigenvalue weighted by Crippen LogP contribution is -2.41. The lowest BCUT2D eigenvalue weighted by molar-refractivity contribution is -0.128. The summed E-state index contributed by atoms with van der Waals surface area (Å²) in [6, 6.07) is 8.92. The molecule has 4 rings (SSSR count). The van der Waals surface area contributed by atoms with Crippen LogP contribution in [0.4, 0.5) is 4.39 Å². The van der Waals surface area contributed by atoms with Crippen LogP contribution in [0.2, 0.25) is 0 Å². The number of benzene rings is 2. The fourth-order valence-corrected chi connectivity index (χ4v) is 4.76. The van der Waals surface area contributed by atoms with Gasteiger partial charge in [0.05, 0.1) is 12.2 Å². The monoisotopic (exact) mass is 414 g/mol. The summed E-state index contributed by atoms with van der Waals surface area (Å²) in [5.41, 5.74) is 1.65. The Morgan fingerprint density at radius 2 is 1.67 bits per heavy atom. The van der Waals surface area contributed by atoms with Crippen molar-refractivity contribution in [2.45, 2.75) is 25.8 Å². The SMILES string of the molecule is O=C1CC2(CCN(Cc3cc(O)c(-c4ccc(F)cc4)c(O)c3)CC2)CN1CCO.